The highest BCUT2D eigenvalue weighted by molar-refractivity contribution is 7.14. The maximum absolute atomic E-state index is 15.2. The number of fused-ring (bicyclic) bond motifs is 1. The van der Waals surface area contributed by atoms with Crippen LogP contribution in [-0.2, 0) is 6.42 Å². The van der Waals surface area contributed by atoms with Crippen molar-refractivity contribution in [2.75, 3.05) is 5.73 Å². The van der Waals surface area contributed by atoms with Gasteiger partial charge in [0.15, 0.2) is 10.8 Å². The van der Waals surface area contributed by atoms with Crippen molar-refractivity contribution in [3.8, 4) is 10.4 Å². The van der Waals surface area contributed by atoms with Crippen LogP contribution in [0.5, 0.6) is 0 Å². The molecule has 200 valence electrons. The molecular weight excluding hydrogens is 512 g/mol. The number of hydrogen-bond donors (Lipinski definition) is 3. The monoisotopic (exact) mass is 543 g/mol. The zero-order valence-electron chi connectivity index (χ0n) is 21.9. The molecule has 0 radical (unpaired) electrons. The van der Waals surface area contributed by atoms with E-state index < -0.39 is 5.82 Å². The lowest BCUT2D eigenvalue weighted by atomic mass is 9.98. The maximum Gasteiger partial charge on any atom is 0.178 e. The van der Waals surface area contributed by atoms with Gasteiger partial charge in [0.05, 0.1) is 5.52 Å². The topological polar surface area (TPSA) is 79.6 Å². The molecule has 0 aliphatic heterocycles. The average Bonchev–Trinajstić information content (AvgIpc) is 3.69. The van der Waals surface area contributed by atoms with Crippen molar-refractivity contribution >= 4 is 33.8 Å². The van der Waals surface area contributed by atoms with Gasteiger partial charge in [0.1, 0.15) is 11.6 Å². The lowest BCUT2D eigenvalue weighted by Gasteiger charge is -2.17. The Morgan fingerprint density at radius 3 is 2.72 bits per heavy atom. The van der Waals surface area contributed by atoms with E-state index in [2.05, 4.69) is 33.4 Å². The molecule has 4 N–H and O–H groups in total. The minimum absolute atomic E-state index is 0.257. The van der Waals surface area contributed by atoms with E-state index in [9.17, 15) is 4.39 Å². The Balaban J connectivity index is 1.44. The Kier molecular flexibility index (Phi) is 7.74. The van der Waals surface area contributed by atoms with Crippen molar-refractivity contribution in [3.63, 3.8) is 0 Å². The number of nitrogens with one attached hydrogen (secondary N) is 2. The van der Waals surface area contributed by atoms with E-state index >= 15 is 4.39 Å². The minimum atomic E-state index is -0.410. The Hall–Kier alpha value is -4.04. The van der Waals surface area contributed by atoms with Crippen LogP contribution in [0.25, 0.3) is 27.2 Å². The van der Waals surface area contributed by atoms with E-state index in [1.165, 1.54) is 25.0 Å². The first kappa shape index (κ1) is 26.6. The van der Waals surface area contributed by atoms with E-state index in [1.54, 1.807) is 24.4 Å². The molecule has 1 saturated carbocycles. The van der Waals surface area contributed by atoms with Gasteiger partial charge in [-0.2, -0.15) is 4.39 Å². The van der Waals surface area contributed by atoms with Crippen molar-refractivity contribution in [2.24, 2.45) is 5.92 Å². The molecule has 3 heterocycles. The summed E-state index contributed by atoms with van der Waals surface area (Å²) in [4.78, 5) is 13.1. The number of benzene rings is 1. The van der Waals surface area contributed by atoms with Crippen LogP contribution in [0.4, 0.5) is 14.5 Å². The van der Waals surface area contributed by atoms with E-state index in [4.69, 9.17) is 5.73 Å². The molecular formula is C31H31F2N5S. The minimum Gasteiger partial charge on any atom is -0.398 e. The molecule has 39 heavy (non-hydrogen) atoms. The predicted molar refractivity (Wildman–Crippen MR) is 157 cm³/mol. The number of rotatable bonds is 9. The largest absolute Gasteiger partial charge is 0.398 e. The second kappa shape index (κ2) is 11.4. The molecule has 0 bridgehead atoms. The summed E-state index contributed by atoms with van der Waals surface area (Å²) >= 11 is 1.06. The standard InChI is InChI=1S/C31H31F2N5S/c1-4-19(14-22(5-2)36-18(3)20-8-6-7-9-20)24-15-21(26(34)17-25(24)32)16-29-37-30-23(12-13-35-31(30)38-29)27-10-11-28(33)39-27/h4-5,10-15,17,20,36H,2-3,6-9,16,34H2,1H3,(H,35,37,38)/b19-4+,22-14+. The third kappa shape index (κ3) is 5.71. The van der Waals surface area contributed by atoms with Crippen LogP contribution in [0.15, 0.2) is 79.3 Å². The molecule has 1 aliphatic rings. The Labute approximate surface area is 230 Å². The molecule has 8 heteroatoms. The molecule has 0 atom stereocenters. The summed E-state index contributed by atoms with van der Waals surface area (Å²) in [5.74, 6) is 0.664. The fraction of sp³-hybridized carbons (Fsp3) is 0.226. The van der Waals surface area contributed by atoms with Gasteiger partial charge in [-0.05, 0) is 79.3 Å². The van der Waals surface area contributed by atoms with E-state index in [0.717, 1.165) is 57.1 Å². The second-order valence-corrected chi connectivity index (χ2v) is 10.8. The van der Waals surface area contributed by atoms with Gasteiger partial charge in [-0.3, -0.25) is 0 Å². The number of halogens is 2. The smallest absolute Gasteiger partial charge is 0.178 e. The molecule has 3 aromatic heterocycles. The van der Waals surface area contributed by atoms with Gasteiger partial charge in [-0.1, -0.05) is 32.1 Å². The Morgan fingerprint density at radius 1 is 1.23 bits per heavy atom. The first-order chi connectivity index (χ1) is 18.9. The zero-order chi connectivity index (χ0) is 27.5. The summed E-state index contributed by atoms with van der Waals surface area (Å²) in [5.41, 5.74) is 12.2. The number of allylic oxidation sites excluding steroid dienone is 5. The molecule has 0 unspecified atom stereocenters. The maximum atomic E-state index is 15.2. The number of aromatic nitrogens is 3. The molecule has 1 fully saturated rings. The van der Waals surface area contributed by atoms with Gasteiger partial charge in [0, 0.05) is 45.7 Å². The van der Waals surface area contributed by atoms with Crippen molar-refractivity contribution in [1.82, 2.24) is 20.3 Å². The van der Waals surface area contributed by atoms with Crippen LogP contribution in [0.3, 0.4) is 0 Å². The van der Waals surface area contributed by atoms with Crippen molar-refractivity contribution in [3.05, 3.63) is 107 Å². The number of hydrogen-bond acceptors (Lipinski definition) is 5. The summed E-state index contributed by atoms with van der Waals surface area (Å²) in [6.45, 7) is 10.0. The number of nitrogen functional groups attached to an aromatic ring is 1. The van der Waals surface area contributed by atoms with Gasteiger partial charge < -0.3 is 16.0 Å². The lowest BCUT2D eigenvalue weighted by Crippen LogP contribution is -2.16. The van der Waals surface area contributed by atoms with Gasteiger partial charge in [0.25, 0.3) is 0 Å². The zero-order valence-corrected chi connectivity index (χ0v) is 22.7. The third-order valence-corrected chi connectivity index (χ3v) is 8.08. The fourth-order valence-electron chi connectivity index (χ4n) is 5.09. The molecule has 1 aliphatic carbocycles. The quantitative estimate of drug-likeness (QED) is 0.148. The van der Waals surface area contributed by atoms with Crippen LogP contribution in [0.1, 0.15) is 49.6 Å². The second-order valence-electron chi connectivity index (χ2n) is 9.73. The number of H-pyrrole nitrogens is 1. The number of pyridine rings is 1. The molecule has 5 rings (SSSR count). The van der Waals surface area contributed by atoms with Gasteiger partial charge >= 0.3 is 0 Å². The van der Waals surface area contributed by atoms with E-state index in [-0.39, 0.29) is 5.13 Å². The normalized spacial score (nSPS) is 14.7. The highest BCUT2D eigenvalue weighted by Crippen LogP contribution is 2.33. The number of thiophene rings is 1. The highest BCUT2D eigenvalue weighted by Gasteiger charge is 2.19. The van der Waals surface area contributed by atoms with Crippen LogP contribution in [0.2, 0.25) is 0 Å². The summed E-state index contributed by atoms with van der Waals surface area (Å²) in [6.07, 6.45) is 12.2. The van der Waals surface area contributed by atoms with Crippen molar-refractivity contribution < 1.29 is 8.78 Å². The number of imidazole rings is 1. The van der Waals surface area contributed by atoms with Gasteiger partial charge in [-0.15, -0.1) is 11.3 Å². The molecule has 0 spiro atoms. The Bertz CT molecular complexity index is 1600. The van der Waals surface area contributed by atoms with Gasteiger partial charge in [-0.25, -0.2) is 14.4 Å². The van der Waals surface area contributed by atoms with Crippen LogP contribution in [0, 0.1) is 16.9 Å². The fourth-order valence-corrected chi connectivity index (χ4v) is 5.85. The Morgan fingerprint density at radius 2 is 2.03 bits per heavy atom. The highest BCUT2D eigenvalue weighted by atomic mass is 32.1. The molecule has 4 aromatic rings. The molecule has 1 aromatic carbocycles. The van der Waals surface area contributed by atoms with E-state index in [0.29, 0.717) is 40.6 Å². The van der Waals surface area contributed by atoms with Crippen LogP contribution < -0.4 is 11.1 Å². The van der Waals surface area contributed by atoms with Crippen LogP contribution in [-0.4, -0.2) is 15.0 Å². The lowest BCUT2D eigenvalue weighted by molar-refractivity contribution is 0.607. The van der Waals surface area contributed by atoms with E-state index in [1.807, 2.05) is 25.1 Å². The third-order valence-electron chi connectivity index (χ3n) is 7.17. The molecule has 5 nitrogen and oxygen atoms in total. The number of nitrogens with zero attached hydrogens (tertiary/aromatic N) is 2. The predicted octanol–water partition coefficient (Wildman–Crippen LogP) is 7.90. The first-order valence-electron chi connectivity index (χ1n) is 13.0. The molecule has 0 saturated heterocycles. The number of nitrogens with two attached hydrogens (primary N) is 1. The van der Waals surface area contributed by atoms with Crippen LogP contribution >= 0.6 is 11.3 Å². The van der Waals surface area contributed by atoms with Crippen molar-refractivity contribution in [1.29, 1.82) is 0 Å². The van der Waals surface area contributed by atoms with Crippen molar-refractivity contribution in [2.45, 2.75) is 39.0 Å². The summed E-state index contributed by atoms with van der Waals surface area (Å²) in [7, 11) is 0. The molecule has 0 amide bonds. The average molecular weight is 544 g/mol. The summed E-state index contributed by atoms with van der Waals surface area (Å²) in [5, 5.41) is 3.12. The number of anilines is 1. The van der Waals surface area contributed by atoms with Gasteiger partial charge in [0.2, 0.25) is 0 Å². The summed E-state index contributed by atoms with van der Waals surface area (Å²) in [6, 6.07) is 8.12. The SMILES string of the molecule is C=C/C(=C\C(=C/C)c1cc(Cc2nc3nccc(-c4ccc(F)s4)c3[nH]2)c(N)cc1F)NC(=C)C1CCCC1. The summed E-state index contributed by atoms with van der Waals surface area (Å²) < 4.78 is 28.9. The first-order valence-corrected chi connectivity index (χ1v) is 13.8. The number of aromatic amines is 1.